The van der Waals surface area contributed by atoms with Gasteiger partial charge in [0.05, 0.1) is 0 Å². The van der Waals surface area contributed by atoms with Gasteiger partial charge in [0.2, 0.25) is 0 Å². The number of halogens is 1. The van der Waals surface area contributed by atoms with Gasteiger partial charge in [0.15, 0.2) is 0 Å². The lowest BCUT2D eigenvalue weighted by atomic mass is 9.83. The van der Waals surface area contributed by atoms with E-state index in [-0.39, 0.29) is 0 Å². The second kappa shape index (κ2) is 4.80. The van der Waals surface area contributed by atoms with Crippen molar-refractivity contribution in [3.05, 3.63) is 28.3 Å². The molecule has 0 aromatic heterocycles. The van der Waals surface area contributed by atoms with E-state index < -0.39 is 0 Å². The summed E-state index contributed by atoms with van der Waals surface area (Å²) in [6.07, 6.45) is 11.6. The number of hydrogen-bond acceptors (Lipinski definition) is 1. The van der Waals surface area contributed by atoms with Gasteiger partial charge in [0.25, 0.3) is 0 Å². The van der Waals surface area contributed by atoms with Crippen LogP contribution < -0.4 is 5.73 Å². The molecule has 16 heavy (non-hydrogen) atoms. The zero-order chi connectivity index (χ0) is 11.5. The first-order valence-corrected chi connectivity index (χ1v) is 6.15. The quantitative estimate of drug-likeness (QED) is 0.577. The highest BCUT2D eigenvalue weighted by atomic mass is 35.5. The number of nitrogen functional groups attached to an aromatic ring is 1. The maximum absolute atomic E-state index is 6.27. The molecule has 0 aliphatic heterocycles. The van der Waals surface area contributed by atoms with Crippen LogP contribution in [0.3, 0.4) is 0 Å². The standard InChI is InChI=1S/C14H16ClN/c1-2-10-8-12(15)14(13(16)9-10)11-6-4-3-5-7-11/h1,8-9,11H,3-7,16H2. The van der Waals surface area contributed by atoms with E-state index in [9.17, 15) is 0 Å². The molecule has 1 aromatic carbocycles. The summed E-state index contributed by atoms with van der Waals surface area (Å²) in [6.45, 7) is 0. The SMILES string of the molecule is C#Cc1cc(N)c(C2CCCCC2)c(Cl)c1. The summed E-state index contributed by atoms with van der Waals surface area (Å²) in [7, 11) is 0. The third kappa shape index (κ3) is 2.18. The lowest BCUT2D eigenvalue weighted by molar-refractivity contribution is 0.444. The van der Waals surface area contributed by atoms with Crippen LogP contribution in [-0.2, 0) is 0 Å². The van der Waals surface area contributed by atoms with E-state index in [2.05, 4.69) is 5.92 Å². The molecule has 0 spiro atoms. The Hall–Kier alpha value is -1.13. The number of anilines is 1. The van der Waals surface area contributed by atoms with E-state index in [0.717, 1.165) is 21.8 Å². The minimum absolute atomic E-state index is 0.521. The summed E-state index contributed by atoms with van der Waals surface area (Å²) in [4.78, 5) is 0. The molecule has 0 bridgehead atoms. The lowest BCUT2D eigenvalue weighted by Crippen LogP contribution is -2.08. The molecule has 1 aromatic rings. The van der Waals surface area contributed by atoms with E-state index in [1.807, 2.05) is 12.1 Å². The van der Waals surface area contributed by atoms with Gasteiger partial charge in [0.1, 0.15) is 0 Å². The molecule has 84 valence electrons. The Morgan fingerprint density at radius 3 is 2.50 bits per heavy atom. The van der Waals surface area contributed by atoms with E-state index >= 15 is 0 Å². The largest absolute Gasteiger partial charge is 0.398 e. The Morgan fingerprint density at radius 2 is 1.94 bits per heavy atom. The average molecular weight is 234 g/mol. The zero-order valence-corrected chi connectivity index (χ0v) is 10.1. The van der Waals surface area contributed by atoms with Crippen molar-refractivity contribution in [1.29, 1.82) is 0 Å². The molecule has 1 aliphatic carbocycles. The fraction of sp³-hybridized carbons (Fsp3) is 0.429. The van der Waals surface area contributed by atoms with Crippen LogP contribution in [0.15, 0.2) is 12.1 Å². The Morgan fingerprint density at radius 1 is 1.25 bits per heavy atom. The van der Waals surface area contributed by atoms with Gasteiger partial charge in [0, 0.05) is 16.3 Å². The van der Waals surface area contributed by atoms with Crippen molar-refractivity contribution in [3.63, 3.8) is 0 Å². The second-order valence-corrected chi connectivity index (χ2v) is 4.85. The minimum atomic E-state index is 0.521. The highest BCUT2D eigenvalue weighted by molar-refractivity contribution is 6.32. The topological polar surface area (TPSA) is 26.0 Å². The van der Waals surface area contributed by atoms with Crippen LogP contribution in [0, 0.1) is 12.3 Å². The van der Waals surface area contributed by atoms with Crippen LogP contribution in [0.5, 0.6) is 0 Å². The van der Waals surface area contributed by atoms with Crippen molar-refractivity contribution in [2.75, 3.05) is 5.73 Å². The highest BCUT2D eigenvalue weighted by Crippen LogP contribution is 2.39. The summed E-state index contributed by atoms with van der Waals surface area (Å²) in [5.74, 6) is 3.10. The van der Waals surface area contributed by atoms with Crippen LogP contribution in [0.25, 0.3) is 0 Å². The number of rotatable bonds is 1. The molecule has 2 heteroatoms. The van der Waals surface area contributed by atoms with E-state index in [4.69, 9.17) is 23.8 Å². The summed E-state index contributed by atoms with van der Waals surface area (Å²) in [5.41, 5.74) is 8.68. The molecule has 0 unspecified atom stereocenters. The van der Waals surface area contributed by atoms with Crippen LogP contribution in [0.1, 0.15) is 49.1 Å². The van der Waals surface area contributed by atoms with Crippen LogP contribution >= 0.6 is 11.6 Å². The maximum Gasteiger partial charge on any atom is 0.0473 e. The Balaban J connectivity index is 2.36. The van der Waals surface area contributed by atoms with Gasteiger partial charge in [-0.05, 0) is 36.5 Å². The summed E-state index contributed by atoms with van der Waals surface area (Å²) >= 11 is 6.27. The fourth-order valence-corrected chi connectivity index (χ4v) is 2.93. The van der Waals surface area contributed by atoms with Crippen LogP contribution in [0.4, 0.5) is 5.69 Å². The van der Waals surface area contributed by atoms with Crippen molar-refractivity contribution in [2.24, 2.45) is 0 Å². The molecule has 1 aliphatic rings. The summed E-state index contributed by atoms with van der Waals surface area (Å²) in [5, 5.41) is 0.736. The Labute approximate surface area is 102 Å². The van der Waals surface area contributed by atoms with Crippen molar-refractivity contribution in [2.45, 2.75) is 38.0 Å². The summed E-state index contributed by atoms with van der Waals surface area (Å²) < 4.78 is 0. The molecule has 1 nitrogen and oxygen atoms in total. The molecule has 2 rings (SSSR count). The van der Waals surface area contributed by atoms with E-state index in [1.165, 1.54) is 32.1 Å². The smallest absolute Gasteiger partial charge is 0.0473 e. The molecular formula is C14H16ClN. The van der Waals surface area contributed by atoms with Crippen molar-refractivity contribution < 1.29 is 0 Å². The zero-order valence-electron chi connectivity index (χ0n) is 9.30. The predicted octanol–water partition coefficient (Wildman–Crippen LogP) is 3.95. The normalized spacial score (nSPS) is 17.0. The minimum Gasteiger partial charge on any atom is -0.398 e. The van der Waals surface area contributed by atoms with Crippen LogP contribution in [-0.4, -0.2) is 0 Å². The van der Waals surface area contributed by atoms with Crippen molar-refractivity contribution in [1.82, 2.24) is 0 Å². The first-order chi connectivity index (χ1) is 7.72. The third-order valence-corrected chi connectivity index (χ3v) is 3.65. The molecule has 0 heterocycles. The molecular weight excluding hydrogens is 218 g/mol. The number of terminal acetylenes is 1. The van der Waals surface area contributed by atoms with Crippen LogP contribution in [0.2, 0.25) is 5.02 Å². The Bertz CT molecular complexity index is 402. The maximum atomic E-state index is 6.27. The first-order valence-electron chi connectivity index (χ1n) is 5.78. The van der Waals surface area contributed by atoms with Gasteiger partial charge >= 0.3 is 0 Å². The van der Waals surface area contributed by atoms with Gasteiger partial charge < -0.3 is 5.73 Å². The average Bonchev–Trinajstić information content (AvgIpc) is 2.29. The molecule has 0 atom stereocenters. The van der Waals surface area contributed by atoms with Crippen molar-refractivity contribution in [3.8, 4) is 12.3 Å². The predicted molar refractivity (Wildman–Crippen MR) is 69.6 cm³/mol. The van der Waals surface area contributed by atoms with Crippen molar-refractivity contribution >= 4 is 17.3 Å². The second-order valence-electron chi connectivity index (χ2n) is 4.44. The highest BCUT2D eigenvalue weighted by Gasteiger charge is 2.20. The first kappa shape index (κ1) is 11.4. The Kier molecular flexibility index (Phi) is 3.41. The lowest BCUT2D eigenvalue weighted by Gasteiger charge is -2.24. The molecule has 0 radical (unpaired) electrons. The number of hydrogen-bond donors (Lipinski definition) is 1. The van der Waals surface area contributed by atoms with Gasteiger partial charge in [-0.2, -0.15) is 0 Å². The molecule has 0 saturated heterocycles. The van der Waals surface area contributed by atoms with E-state index in [0.29, 0.717) is 5.92 Å². The third-order valence-electron chi connectivity index (χ3n) is 3.34. The number of benzene rings is 1. The van der Waals surface area contributed by atoms with Gasteiger partial charge in [-0.25, -0.2) is 0 Å². The van der Waals surface area contributed by atoms with Gasteiger partial charge in [-0.3, -0.25) is 0 Å². The van der Waals surface area contributed by atoms with Gasteiger partial charge in [-0.15, -0.1) is 6.42 Å². The molecule has 2 N–H and O–H groups in total. The van der Waals surface area contributed by atoms with E-state index in [1.54, 1.807) is 0 Å². The molecule has 0 amide bonds. The number of nitrogens with two attached hydrogens (primary N) is 1. The monoisotopic (exact) mass is 233 g/mol. The molecule has 1 saturated carbocycles. The fourth-order valence-electron chi connectivity index (χ4n) is 2.54. The summed E-state index contributed by atoms with van der Waals surface area (Å²) in [6, 6.07) is 3.71. The van der Waals surface area contributed by atoms with Gasteiger partial charge in [-0.1, -0.05) is 36.8 Å². The molecule has 1 fully saturated rings.